The van der Waals surface area contributed by atoms with Crippen LogP contribution in [0.25, 0.3) is 10.2 Å². The van der Waals surface area contributed by atoms with Crippen molar-refractivity contribution >= 4 is 48.5 Å². The second kappa shape index (κ2) is 8.64. The largest absolute Gasteiger partial charge is 0.497 e. The number of ether oxygens (including phenoxy) is 1. The Labute approximate surface area is 184 Å². The highest BCUT2D eigenvalue weighted by molar-refractivity contribution is 7.90. The van der Waals surface area contributed by atoms with E-state index in [9.17, 15) is 13.2 Å². The molecular formula is C21H22N4O4S2. The number of hydrogen-bond donors (Lipinski definition) is 2. The molecule has 0 fully saturated rings. The monoisotopic (exact) mass is 458 g/mol. The van der Waals surface area contributed by atoms with Crippen LogP contribution in [-0.4, -0.2) is 38.3 Å². The SMILES string of the molecule is CCCCC(N=C1NS(=O)(=O)c2ccccc21)C(=O)Nc1nc2ccc(OC)cc2s1. The molecule has 1 atom stereocenters. The summed E-state index contributed by atoms with van der Waals surface area (Å²) in [5, 5.41) is 3.30. The molecule has 162 valence electrons. The van der Waals surface area contributed by atoms with Gasteiger partial charge in [-0.3, -0.25) is 14.5 Å². The van der Waals surface area contributed by atoms with Crippen molar-refractivity contribution in [2.24, 2.45) is 4.99 Å². The van der Waals surface area contributed by atoms with Crippen LogP contribution < -0.4 is 14.8 Å². The van der Waals surface area contributed by atoms with Crippen LogP contribution in [0.15, 0.2) is 52.4 Å². The summed E-state index contributed by atoms with van der Waals surface area (Å²) in [5.74, 6) is 0.588. The molecule has 0 spiro atoms. The molecule has 1 aromatic heterocycles. The predicted octanol–water partition coefficient (Wildman–Crippen LogP) is 3.54. The number of nitrogens with zero attached hydrogens (tertiary/aromatic N) is 2. The molecule has 1 aliphatic rings. The van der Waals surface area contributed by atoms with Gasteiger partial charge in [-0.15, -0.1) is 0 Å². The van der Waals surface area contributed by atoms with E-state index in [1.807, 2.05) is 25.1 Å². The number of thiazole rings is 1. The van der Waals surface area contributed by atoms with Crippen molar-refractivity contribution < 1.29 is 17.9 Å². The molecule has 2 aromatic carbocycles. The van der Waals surface area contributed by atoms with E-state index in [2.05, 4.69) is 20.0 Å². The van der Waals surface area contributed by atoms with Crippen LogP contribution in [0, 0.1) is 0 Å². The number of sulfonamides is 1. The van der Waals surface area contributed by atoms with Crippen LogP contribution in [0.3, 0.4) is 0 Å². The molecule has 0 saturated carbocycles. The highest BCUT2D eigenvalue weighted by atomic mass is 32.2. The summed E-state index contributed by atoms with van der Waals surface area (Å²) in [5.41, 5.74) is 1.24. The number of amidine groups is 1. The maximum absolute atomic E-state index is 13.0. The number of nitrogens with one attached hydrogen (secondary N) is 2. The highest BCUT2D eigenvalue weighted by Crippen LogP contribution is 2.29. The highest BCUT2D eigenvalue weighted by Gasteiger charge is 2.32. The van der Waals surface area contributed by atoms with Gasteiger partial charge in [0.25, 0.3) is 15.9 Å². The third-order valence-electron chi connectivity index (χ3n) is 4.91. The van der Waals surface area contributed by atoms with Crippen LogP contribution in [0.4, 0.5) is 5.13 Å². The van der Waals surface area contributed by atoms with Crippen molar-refractivity contribution in [3.8, 4) is 5.75 Å². The molecule has 4 rings (SSSR count). The molecule has 1 unspecified atom stereocenters. The number of rotatable bonds is 7. The van der Waals surface area contributed by atoms with Gasteiger partial charge in [0, 0.05) is 5.56 Å². The summed E-state index contributed by atoms with van der Waals surface area (Å²) in [7, 11) is -2.07. The topological polar surface area (TPSA) is 110 Å². The van der Waals surface area contributed by atoms with Gasteiger partial charge in [0.2, 0.25) is 0 Å². The van der Waals surface area contributed by atoms with Crippen molar-refractivity contribution in [3.05, 3.63) is 48.0 Å². The minimum Gasteiger partial charge on any atom is -0.497 e. The molecule has 8 nitrogen and oxygen atoms in total. The maximum atomic E-state index is 13.0. The Morgan fingerprint density at radius 2 is 2.10 bits per heavy atom. The first-order valence-electron chi connectivity index (χ1n) is 9.86. The zero-order chi connectivity index (χ0) is 22.0. The van der Waals surface area contributed by atoms with Crippen LogP contribution in [-0.2, 0) is 14.8 Å². The molecule has 1 amide bonds. The van der Waals surface area contributed by atoms with Gasteiger partial charge >= 0.3 is 0 Å². The van der Waals surface area contributed by atoms with Gasteiger partial charge in [-0.1, -0.05) is 43.2 Å². The number of fused-ring (bicyclic) bond motifs is 2. The zero-order valence-electron chi connectivity index (χ0n) is 17.1. The molecule has 0 aliphatic carbocycles. The summed E-state index contributed by atoms with van der Waals surface area (Å²) in [6.45, 7) is 2.02. The van der Waals surface area contributed by atoms with Crippen LogP contribution in [0.2, 0.25) is 0 Å². The van der Waals surface area contributed by atoms with E-state index in [0.717, 1.165) is 23.1 Å². The van der Waals surface area contributed by atoms with E-state index in [4.69, 9.17) is 4.74 Å². The lowest BCUT2D eigenvalue weighted by Gasteiger charge is -2.12. The summed E-state index contributed by atoms with van der Waals surface area (Å²) in [4.78, 5) is 22.1. The Balaban J connectivity index is 1.61. The average molecular weight is 459 g/mol. The summed E-state index contributed by atoms with van der Waals surface area (Å²) in [6.07, 6.45) is 2.16. The number of methoxy groups -OCH3 is 1. The fraction of sp³-hybridized carbons (Fsp3) is 0.286. The molecule has 10 heteroatoms. The zero-order valence-corrected chi connectivity index (χ0v) is 18.7. The van der Waals surface area contributed by atoms with E-state index >= 15 is 0 Å². The van der Waals surface area contributed by atoms with Crippen molar-refractivity contribution in [1.82, 2.24) is 9.71 Å². The molecule has 0 saturated heterocycles. The fourth-order valence-electron chi connectivity index (χ4n) is 3.31. The normalized spacial score (nSPS) is 16.6. The molecule has 0 radical (unpaired) electrons. The predicted molar refractivity (Wildman–Crippen MR) is 121 cm³/mol. The van der Waals surface area contributed by atoms with Gasteiger partial charge in [0.15, 0.2) is 5.13 Å². The standard InChI is InChI=1S/C21H22N4O4S2/c1-3-4-8-16(22-19-14-7-5-6-9-18(14)31(27,28)25-19)20(26)24-21-23-15-11-10-13(29-2)12-17(15)30-21/h5-7,9-12,16H,3-4,8H2,1-2H3,(H,22,25)(H,23,24,26). The van der Waals surface area contributed by atoms with E-state index in [1.54, 1.807) is 25.3 Å². The van der Waals surface area contributed by atoms with Gasteiger partial charge in [0.1, 0.15) is 17.6 Å². The number of aliphatic imine (C=N–C) groups is 1. The minimum absolute atomic E-state index is 0.170. The lowest BCUT2D eigenvalue weighted by Crippen LogP contribution is -2.30. The summed E-state index contributed by atoms with van der Waals surface area (Å²) in [6, 6.07) is 11.4. The van der Waals surface area contributed by atoms with Crippen LogP contribution >= 0.6 is 11.3 Å². The second-order valence-corrected chi connectivity index (χ2v) is 9.76. The Bertz CT molecular complexity index is 1270. The lowest BCUT2D eigenvalue weighted by molar-refractivity contribution is -0.117. The Kier molecular flexibility index (Phi) is 5.92. The van der Waals surface area contributed by atoms with E-state index in [0.29, 0.717) is 22.9 Å². The number of aromatic nitrogens is 1. The summed E-state index contributed by atoms with van der Waals surface area (Å²) < 4.78 is 33.3. The Morgan fingerprint density at radius 1 is 1.29 bits per heavy atom. The molecule has 0 bridgehead atoms. The van der Waals surface area contributed by atoms with Crippen molar-refractivity contribution in [3.63, 3.8) is 0 Å². The molecule has 31 heavy (non-hydrogen) atoms. The van der Waals surface area contributed by atoms with Crippen molar-refractivity contribution in [2.45, 2.75) is 37.1 Å². The first-order chi connectivity index (χ1) is 14.9. The Morgan fingerprint density at radius 3 is 2.87 bits per heavy atom. The number of amides is 1. The van der Waals surface area contributed by atoms with Gasteiger partial charge in [-0.25, -0.2) is 13.4 Å². The molecule has 2 heterocycles. The van der Waals surface area contributed by atoms with E-state index < -0.39 is 16.1 Å². The first kappa shape index (κ1) is 21.3. The lowest BCUT2D eigenvalue weighted by atomic mass is 10.1. The van der Waals surface area contributed by atoms with Gasteiger partial charge < -0.3 is 10.1 Å². The fourth-order valence-corrected chi connectivity index (χ4v) is 5.45. The number of carbonyl (C=O) groups is 1. The molecule has 1 aliphatic heterocycles. The average Bonchev–Trinajstić information content (AvgIpc) is 3.27. The number of hydrogen-bond acceptors (Lipinski definition) is 7. The minimum atomic E-state index is -3.66. The number of anilines is 1. The first-order valence-corrected chi connectivity index (χ1v) is 12.2. The third-order valence-corrected chi connectivity index (χ3v) is 7.24. The van der Waals surface area contributed by atoms with Crippen LogP contribution in [0.5, 0.6) is 5.75 Å². The second-order valence-electron chi connectivity index (χ2n) is 7.08. The van der Waals surface area contributed by atoms with Crippen LogP contribution in [0.1, 0.15) is 31.7 Å². The number of unbranched alkanes of at least 4 members (excludes halogenated alkanes) is 1. The quantitative estimate of drug-likeness (QED) is 0.563. The van der Waals surface area contributed by atoms with Gasteiger partial charge in [0.05, 0.1) is 22.2 Å². The van der Waals surface area contributed by atoms with Crippen molar-refractivity contribution in [2.75, 3.05) is 12.4 Å². The summed E-state index contributed by atoms with van der Waals surface area (Å²) >= 11 is 1.34. The maximum Gasteiger partial charge on any atom is 0.263 e. The molecular weight excluding hydrogens is 436 g/mol. The molecule has 2 N–H and O–H groups in total. The van der Waals surface area contributed by atoms with E-state index in [1.165, 1.54) is 17.4 Å². The number of benzene rings is 2. The van der Waals surface area contributed by atoms with E-state index in [-0.39, 0.29) is 16.6 Å². The van der Waals surface area contributed by atoms with Gasteiger partial charge in [-0.05, 0) is 36.8 Å². The van der Waals surface area contributed by atoms with Gasteiger partial charge in [-0.2, -0.15) is 0 Å². The number of carbonyl (C=O) groups excluding carboxylic acids is 1. The smallest absolute Gasteiger partial charge is 0.263 e. The molecule has 3 aromatic rings. The Hall–Kier alpha value is -2.98. The van der Waals surface area contributed by atoms with Crippen molar-refractivity contribution in [1.29, 1.82) is 0 Å². The third kappa shape index (κ3) is 4.40.